The third-order valence-corrected chi connectivity index (χ3v) is 2.00. The van der Waals surface area contributed by atoms with Crippen LogP contribution < -0.4 is 10.6 Å². The molecule has 1 amide bonds. The van der Waals surface area contributed by atoms with Crippen molar-refractivity contribution in [1.82, 2.24) is 10.6 Å². The van der Waals surface area contributed by atoms with Crippen molar-refractivity contribution in [2.45, 2.75) is 60.0 Å². The first-order chi connectivity index (χ1) is 6.54. The maximum atomic E-state index is 11.9. The van der Waals surface area contributed by atoms with Crippen molar-refractivity contribution in [2.75, 3.05) is 6.54 Å². The minimum atomic E-state index is -0.501. The quantitative estimate of drug-likeness (QED) is 0.751. The molecule has 0 aromatic heterocycles. The van der Waals surface area contributed by atoms with Gasteiger partial charge in [0.25, 0.3) is 0 Å². The van der Waals surface area contributed by atoms with E-state index in [2.05, 4.69) is 31.4 Å². The predicted molar refractivity (Wildman–Crippen MR) is 64.8 cm³/mol. The fourth-order valence-electron chi connectivity index (χ4n) is 1.35. The van der Waals surface area contributed by atoms with E-state index in [1.165, 1.54) is 0 Å². The highest BCUT2D eigenvalue weighted by molar-refractivity contribution is 5.85. The molecule has 0 saturated heterocycles. The van der Waals surface area contributed by atoms with Crippen LogP contribution in [0.4, 0.5) is 0 Å². The fraction of sp³-hybridized carbons (Fsp3) is 0.917. The minimum absolute atomic E-state index is 0.0612. The Morgan fingerprint density at radius 2 is 1.60 bits per heavy atom. The lowest BCUT2D eigenvalue weighted by Crippen LogP contribution is -2.55. The number of carbonyl (C=O) groups excluding carboxylic acids is 1. The highest BCUT2D eigenvalue weighted by atomic mass is 16.2. The minimum Gasteiger partial charge on any atom is -0.354 e. The summed E-state index contributed by atoms with van der Waals surface area (Å²) in [5.41, 5.74) is -0.372. The van der Waals surface area contributed by atoms with Gasteiger partial charge in [-0.2, -0.15) is 0 Å². The largest absolute Gasteiger partial charge is 0.354 e. The van der Waals surface area contributed by atoms with Gasteiger partial charge in [-0.1, -0.05) is 20.8 Å². The van der Waals surface area contributed by atoms with Crippen molar-refractivity contribution in [1.29, 1.82) is 0 Å². The van der Waals surface area contributed by atoms with Crippen LogP contribution >= 0.6 is 0 Å². The zero-order valence-corrected chi connectivity index (χ0v) is 11.2. The zero-order chi connectivity index (χ0) is 12.3. The van der Waals surface area contributed by atoms with Crippen LogP contribution in [0.25, 0.3) is 0 Å². The van der Waals surface area contributed by atoms with Gasteiger partial charge in [-0.05, 0) is 33.1 Å². The average molecular weight is 214 g/mol. The normalized spacial score (nSPS) is 13.1. The van der Waals surface area contributed by atoms with Gasteiger partial charge in [0.1, 0.15) is 0 Å². The summed E-state index contributed by atoms with van der Waals surface area (Å²) in [6, 6.07) is 0.306. The summed E-state index contributed by atoms with van der Waals surface area (Å²) in [6.45, 7) is 14.9. The lowest BCUT2D eigenvalue weighted by atomic mass is 9.96. The highest BCUT2D eigenvalue weighted by Crippen LogP contribution is 2.11. The zero-order valence-electron chi connectivity index (χ0n) is 11.2. The van der Waals surface area contributed by atoms with Gasteiger partial charge in [0.2, 0.25) is 5.91 Å². The molecule has 90 valence electrons. The standard InChI is InChI=1S/C12H26N2O/c1-9(2)14-12(6,7)10(15)13-8-11(3,4)5/h9,14H,8H2,1-7H3,(H,13,15). The molecule has 15 heavy (non-hydrogen) atoms. The molecular formula is C12H26N2O. The van der Waals surface area contributed by atoms with Crippen LogP contribution in [0.1, 0.15) is 48.5 Å². The molecule has 0 radical (unpaired) electrons. The summed E-state index contributed by atoms with van der Waals surface area (Å²) in [4.78, 5) is 11.9. The Hall–Kier alpha value is -0.570. The molecule has 0 aliphatic carbocycles. The molecule has 0 fully saturated rings. The SMILES string of the molecule is CC(C)NC(C)(C)C(=O)NCC(C)(C)C. The molecule has 0 aromatic carbocycles. The molecule has 2 N–H and O–H groups in total. The number of rotatable bonds is 4. The third-order valence-electron chi connectivity index (χ3n) is 2.00. The molecule has 0 aliphatic heterocycles. The Morgan fingerprint density at radius 1 is 1.13 bits per heavy atom. The van der Waals surface area contributed by atoms with E-state index < -0.39 is 5.54 Å². The van der Waals surface area contributed by atoms with Gasteiger partial charge in [-0.15, -0.1) is 0 Å². The van der Waals surface area contributed by atoms with Crippen molar-refractivity contribution >= 4 is 5.91 Å². The van der Waals surface area contributed by atoms with E-state index in [1.54, 1.807) is 0 Å². The smallest absolute Gasteiger partial charge is 0.239 e. The van der Waals surface area contributed by atoms with Crippen LogP contribution in [-0.2, 0) is 4.79 Å². The molecule has 0 unspecified atom stereocenters. The van der Waals surface area contributed by atoms with Crippen LogP contribution in [0.5, 0.6) is 0 Å². The lowest BCUT2D eigenvalue weighted by Gasteiger charge is -2.29. The molecule has 0 saturated carbocycles. The number of hydrogen-bond donors (Lipinski definition) is 2. The van der Waals surface area contributed by atoms with Crippen molar-refractivity contribution in [3.05, 3.63) is 0 Å². The van der Waals surface area contributed by atoms with Crippen molar-refractivity contribution in [3.8, 4) is 0 Å². The van der Waals surface area contributed by atoms with Crippen LogP contribution in [-0.4, -0.2) is 24.0 Å². The van der Waals surface area contributed by atoms with Crippen LogP contribution in [0.15, 0.2) is 0 Å². The maximum absolute atomic E-state index is 11.9. The van der Waals surface area contributed by atoms with Crippen LogP contribution in [0.2, 0.25) is 0 Å². The third kappa shape index (κ3) is 6.50. The van der Waals surface area contributed by atoms with E-state index >= 15 is 0 Å². The van der Waals surface area contributed by atoms with E-state index in [4.69, 9.17) is 0 Å². The second kappa shape index (κ2) is 4.97. The second-order valence-corrected chi connectivity index (χ2v) is 6.17. The van der Waals surface area contributed by atoms with Gasteiger partial charge < -0.3 is 10.6 Å². The molecular weight excluding hydrogens is 188 g/mol. The summed E-state index contributed by atoms with van der Waals surface area (Å²) >= 11 is 0. The van der Waals surface area contributed by atoms with Gasteiger partial charge in [0.05, 0.1) is 5.54 Å². The molecule has 0 spiro atoms. The number of hydrogen-bond acceptors (Lipinski definition) is 2. The summed E-state index contributed by atoms with van der Waals surface area (Å²) in [6.07, 6.45) is 0. The Bertz CT molecular complexity index is 214. The average Bonchev–Trinajstić information content (AvgIpc) is 1.95. The molecule has 0 bridgehead atoms. The molecule has 0 aliphatic rings. The first-order valence-corrected chi connectivity index (χ1v) is 5.60. The maximum Gasteiger partial charge on any atom is 0.239 e. The van der Waals surface area contributed by atoms with E-state index in [1.807, 2.05) is 27.7 Å². The molecule has 0 heterocycles. The fourth-order valence-corrected chi connectivity index (χ4v) is 1.35. The molecule has 0 atom stereocenters. The Kier molecular flexibility index (Phi) is 4.78. The summed E-state index contributed by atoms with van der Waals surface area (Å²) < 4.78 is 0. The predicted octanol–water partition coefficient (Wildman–Crippen LogP) is 1.93. The second-order valence-electron chi connectivity index (χ2n) is 6.17. The first kappa shape index (κ1) is 14.4. The van der Waals surface area contributed by atoms with Gasteiger partial charge in [0.15, 0.2) is 0 Å². The number of nitrogens with one attached hydrogen (secondary N) is 2. The molecule has 0 rings (SSSR count). The Labute approximate surface area is 94.0 Å². The van der Waals surface area contributed by atoms with Gasteiger partial charge in [0, 0.05) is 12.6 Å². The molecule has 0 aromatic rings. The van der Waals surface area contributed by atoms with Crippen molar-refractivity contribution < 1.29 is 4.79 Å². The number of amides is 1. The van der Waals surface area contributed by atoms with Crippen LogP contribution in [0, 0.1) is 5.41 Å². The van der Waals surface area contributed by atoms with E-state index in [9.17, 15) is 4.79 Å². The summed E-state index contributed by atoms with van der Waals surface area (Å²) in [5, 5.41) is 6.21. The van der Waals surface area contributed by atoms with Crippen LogP contribution in [0.3, 0.4) is 0 Å². The van der Waals surface area contributed by atoms with E-state index in [0.29, 0.717) is 12.6 Å². The van der Waals surface area contributed by atoms with Crippen molar-refractivity contribution in [3.63, 3.8) is 0 Å². The monoisotopic (exact) mass is 214 g/mol. The van der Waals surface area contributed by atoms with Gasteiger partial charge in [-0.25, -0.2) is 0 Å². The Morgan fingerprint density at radius 3 is 1.93 bits per heavy atom. The van der Waals surface area contributed by atoms with E-state index in [-0.39, 0.29) is 11.3 Å². The highest BCUT2D eigenvalue weighted by Gasteiger charge is 2.28. The van der Waals surface area contributed by atoms with E-state index in [0.717, 1.165) is 0 Å². The molecule has 3 heteroatoms. The first-order valence-electron chi connectivity index (χ1n) is 5.60. The Balaban J connectivity index is 4.20. The van der Waals surface area contributed by atoms with Gasteiger partial charge in [-0.3, -0.25) is 4.79 Å². The summed E-state index contributed by atoms with van der Waals surface area (Å²) in [7, 11) is 0. The summed E-state index contributed by atoms with van der Waals surface area (Å²) in [5.74, 6) is 0.0612. The van der Waals surface area contributed by atoms with Crippen molar-refractivity contribution in [2.24, 2.45) is 5.41 Å². The topological polar surface area (TPSA) is 41.1 Å². The molecule has 3 nitrogen and oxygen atoms in total. The van der Waals surface area contributed by atoms with Gasteiger partial charge >= 0.3 is 0 Å². The number of carbonyl (C=O) groups is 1. The lowest BCUT2D eigenvalue weighted by molar-refractivity contribution is -0.127.